The van der Waals surface area contributed by atoms with E-state index < -0.39 is 5.91 Å². The van der Waals surface area contributed by atoms with E-state index in [0.717, 1.165) is 29.6 Å². The first-order valence-electron chi connectivity index (χ1n) is 8.27. The van der Waals surface area contributed by atoms with Crippen LogP contribution in [-0.2, 0) is 6.42 Å². The fourth-order valence-electron chi connectivity index (χ4n) is 2.54. The lowest BCUT2D eigenvalue weighted by atomic mass is 10.00. The van der Waals surface area contributed by atoms with Crippen molar-refractivity contribution < 1.29 is 14.6 Å². The number of methoxy groups -OCH3 is 1. The van der Waals surface area contributed by atoms with Gasteiger partial charge in [-0.1, -0.05) is 24.0 Å². The van der Waals surface area contributed by atoms with Gasteiger partial charge in [-0.3, -0.25) is 9.78 Å². The molecule has 1 aliphatic rings. The van der Waals surface area contributed by atoms with Crippen molar-refractivity contribution in [1.29, 1.82) is 5.41 Å². The minimum Gasteiger partial charge on any atom is -0.504 e. The van der Waals surface area contributed by atoms with Crippen LogP contribution in [0.15, 0.2) is 30.3 Å². The molecule has 1 aromatic heterocycles. The Morgan fingerprint density at radius 1 is 1.41 bits per heavy atom. The molecule has 0 radical (unpaired) electrons. The minimum absolute atomic E-state index is 0.0185. The lowest BCUT2D eigenvalue weighted by Gasteiger charge is -2.09. The number of rotatable bonds is 3. The summed E-state index contributed by atoms with van der Waals surface area (Å²) in [4.78, 5) is 15.7. The molecule has 6 nitrogen and oxygen atoms in total. The molecular formula is C21H21N3O3. The summed E-state index contributed by atoms with van der Waals surface area (Å²) < 4.78 is 4.83. The number of nitrogens with one attached hydrogen (secondary N) is 1. The van der Waals surface area contributed by atoms with E-state index in [1.807, 2.05) is 19.1 Å². The largest absolute Gasteiger partial charge is 0.504 e. The summed E-state index contributed by atoms with van der Waals surface area (Å²) in [5.41, 5.74) is 8.79. The fourth-order valence-corrected chi connectivity index (χ4v) is 2.54. The highest BCUT2D eigenvalue weighted by molar-refractivity contribution is 5.95. The number of aromatic hydroxyl groups is 1. The number of nitrogens with two attached hydrogens (primary N) is 1. The number of para-hydroxylation sites is 1. The molecule has 0 atom stereocenters. The lowest BCUT2D eigenvalue weighted by Crippen LogP contribution is -2.16. The number of amides is 1. The Balaban J connectivity index is 0.000000208. The molecule has 0 spiro atoms. The van der Waals surface area contributed by atoms with Crippen molar-refractivity contribution in [2.45, 2.75) is 19.8 Å². The number of aromatic nitrogens is 1. The van der Waals surface area contributed by atoms with Crippen molar-refractivity contribution in [3.05, 3.63) is 58.4 Å². The van der Waals surface area contributed by atoms with Crippen LogP contribution in [0.3, 0.4) is 0 Å². The van der Waals surface area contributed by atoms with Crippen LogP contribution in [0.5, 0.6) is 11.5 Å². The maximum Gasteiger partial charge on any atom is 0.249 e. The average molecular weight is 363 g/mol. The van der Waals surface area contributed by atoms with Crippen molar-refractivity contribution in [3.8, 4) is 23.3 Å². The zero-order valence-electron chi connectivity index (χ0n) is 15.2. The van der Waals surface area contributed by atoms with Gasteiger partial charge in [0.05, 0.1) is 12.8 Å². The zero-order valence-corrected chi connectivity index (χ0v) is 15.2. The standard InChI is InChI=1S/C13H12N2O.C8H9NO2/c1-9-8-11(13(14)16)10-6-4-2-3-5-7-12(10)15-9;1-11-7-4-2-3-6(5-9)8(7)10/h5,7-8H,3,6H2,1H3,(H2,14,16);2-5,9-10H,1H3/b7-5-;. The average Bonchev–Trinajstić information content (AvgIpc) is 2.63. The van der Waals surface area contributed by atoms with E-state index in [-0.39, 0.29) is 5.75 Å². The molecule has 2 aromatic rings. The molecule has 1 amide bonds. The molecule has 0 saturated carbocycles. The first-order chi connectivity index (χ1) is 13.0. The molecule has 0 unspecified atom stereocenters. The fraction of sp³-hybridized carbons (Fsp3) is 0.190. The van der Waals surface area contributed by atoms with E-state index in [0.29, 0.717) is 23.3 Å². The SMILES string of the molecule is COc1cccc(C=N)c1O.Cc1cc(C(N)=O)c2c(n1)/C=C\CC#CC2. The first-order valence-corrected chi connectivity index (χ1v) is 8.27. The van der Waals surface area contributed by atoms with Gasteiger partial charge in [0.25, 0.3) is 0 Å². The van der Waals surface area contributed by atoms with E-state index in [9.17, 15) is 9.90 Å². The number of hydrogen-bond acceptors (Lipinski definition) is 5. The number of phenols is 1. The number of carbonyl (C=O) groups excluding carboxylic acids is 1. The number of allylic oxidation sites excluding steroid dienone is 1. The molecule has 0 fully saturated rings. The summed E-state index contributed by atoms with van der Waals surface area (Å²) in [5.74, 6) is 6.00. The lowest BCUT2D eigenvalue weighted by molar-refractivity contribution is 0.0999. The molecule has 1 aliphatic carbocycles. The third-order valence-corrected chi connectivity index (χ3v) is 3.84. The van der Waals surface area contributed by atoms with Gasteiger partial charge in [0.15, 0.2) is 11.5 Å². The number of ether oxygens (including phenoxy) is 1. The highest BCUT2D eigenvalue weighted by Gasteiger charge is 2.13. The first kappa shape index (κ1) is 19.7. The summed E-state index contributed by atoms with van der Waals surface area (Å²) in [6, 6.07) is 6.73. The van der Waals surface area contributed by atoms with Crippen molar-refractivity contribution in [1.82, 2.24) is 4.98 Å². The van der Waals surface area contributed by atoms with Crippen molar-refractivity contribution >= 4 is 18.2 Å². The molecule has 27 heavy (non-hydrogen) atoms. The quantitative estimate of drug-likeness (QED) is 0.575. The smallest absolute Gasteiger partial charge is 0.249 e. The van der Waals surface area contributed by atoms with E-state index in [1.54, 1.807) is 24.3 Å². The van der Waals surface area contributed by atoms with Crippen LogP contribution in [0.1, 0.15) is 39.3 Å². The number of nitrogens with zero attached hydrogens (tertiary/aromatic N) is 1. The van der Waals surface area contributed by atoms with Crippen LogP contribution in [-0.4, -0.2) is 29.3 Å². The van der Waals surface area contributed by atoms with Gasteiger partial charge >= 0.3 is 0 Å². The predicted molar refractivity (Wildman–Crippen MR) is 105 cm³/mol. The number of benzene rings is 1. The Kier molecular flexibility index (Phi) is 6.73. The third-order valence-electron chi connectivity index (χ3n) is 3.84. The number of carbonyl (C=O) groups is 1. The van der Waals surface area contributed by atoms with Gasteiger partial charge in [-0.15, -0.1) is 0 Å². The molecule has 0 aliphatic heterocycles. The summed E-state index contributed by atoms with van der Waals surface area (Å²) in [6.45, 7) is 1.85. The van der Waals surface area contributed by atoms with Crippen LogP contribution in [0.4, 0.5) is 0 Å². The summed E-state index contributed by atoms with van der Waals surface area (Å²) in [6.07, 6.45) is 6.19. The second-order valence-electron chi connectivity index (χ2n) is 5.72. The van der Waals surface area contributed by atoms with Crippen LogP contribution in [0, 0.1) is 24.2 Å². The maximum atomic E-state index is 11.3. The number of fused-ring (bicyclic) bond motifs is 1. The van der Waals surface area contributed by atoms with Crippen LogP contribution in [0.25, 0.3) is 6.08 Å². The van der Waals surface area contributed by atoms with E-state index in [1.165, 1.54) is 7.11 Å². The third kappa shape index (κ3) is 4.95. The number of primary amides is 1. The monoisotopic (exact) mass is 363 g/mol. The van der Waals surface area contributed by atoms with E-state index >= 15 is 0 Å². The second kappa shape index (κ2) is 9.20. The molecule has 0 saturated heterocycles. The molecule has 6 heteroatoms. The van der Waals surface area contributed by atoms with Gasteiger partial charge in [-0.25, -0.2) is 0 Å². The molecule has 1 heterocycles. The number of hydrogen-bond donors (Lipinski definition) is 3. The van der Waals surface area contributed by atoms with E-state index in [2.05, 4.69) is 16.8 Å². The highest BCUT2D eigenvalue weighted by atomic mass is 16.5. The van der Waals surface area contributed by atoms with Crippen LogP contribution < -0.4 is 10.5 Å². The number of pyridine rings is 1. The normalized spacial score (nSPS) is 12.7. The summed E-state index contributed by atoms with van der Waals surface area (Å²) >= 11 is 0. The van der Waals surface area contributed by atoms with Crippen molar-refractivity contribution in [3.63, 3.8) is 0 Å². The van der Waals surface area contributed by atoms with Crippen LogP contribution in [0.2, 0.25) is 0 Å². The highest BCUT2D eigenvalue weighted by Crippen LogP contribution is 2.27. The Morgan fingerprint density at radius 2 is 2.19 bits per heavy atom. The molecule has 1 aromatic carbocycles. The van der Waals surface area contributed by atoms with Gasteiger partial charge in [-0.2, -0.15) is 0 Å². The second-order valence-corrected chi connectivity index (χ2v) is 5.72. The van der Waals surface area contributed by atoms with Gasteiger partial charge in [0.2, 0.25) is 5.91 Å². The van der Waals surface area contributed by atoms with Gasteiger partial charge in [0, 0.05) is 41.4 Å². The molecule has 4 N–H and O–H groups in total. The Bertz CT molecular complexity index is 953. The summed E-state index contributed by atoms with van der Waals surface area (Å²) in [5, 5.41) is 16.2. The maximum absolute atomic E-state index is 11.3. The van der Waals surface area contributed by atoms with Crippen molar-refractivity contribution in [2.75, 3.05) is 7.11 Å². The van der Waals surface area contributed by atoms with Crippen LogP contribution >= 0.6 is 0 Å². The minimum atomic E-state index is -0.419. The van der Waals surface area contributed by atoms with Gasteiger partial charge in [0.1, 0.15) is 0 Å². The molecule has 3 rings (SSSR count). The van der Waals surface area contributed by atoms with Gasteiger partial charge < -0.3 is 21.0 Å². The number of aryl methyl sites for hydroxylation is 1. The molecule has 0 bridgehead atoms. The van der Waals surface area contributed by atoms with E-state index in [4.69, 9.17) is 15.9 Å². The van der Waals surface area contributed by atoms with Crippen molar-refractivity contribution in [2.24, 2.45) is 5.73 Å². The number of phenolic OH excluding ortho intramolecular Hbond substituents is 1. The molecule has 138 valence electrons. The zero-order chi connectivity index (χ0) is 19.8. The Labute approximate surface area is 158 Å². The Hall–Kier alpha value is -3.59. The van der Waals surface area contributed by atoms with Gasteiger partial charge in [-0.05, 0) is 31.2 Å². The topological polar surface area (TPSA) is 109 Å². The summed E-state index contributed by atoms with van der Waals surface area (Å²) in [7, 11) is 1.47. The Morgan fingerprint density at radius 3 is 2.85 bits per heavy atom. The predicted octanol–water partition coefficient (Wildman–Crippen LogP) is 2.85. The molecular weight excluding hydrogens is 342 g/mol.